The summed E-state index contributed by atoms with van der Waals surface area (Å²) in [4.78, 5) is 43.1. The van der Waals surface area contributed by atoms with Crippen molar-refractivity contribution in [1.29, 1.82) is 0 Å². The van der Waals surface area contributed by atoms with Gasteiger partial charge in [0.1, 0.15) is 12.1 Å². The molecule has 0 saturated heterocycles. The molecule has 0 fully saturated rings. The molecule has 1 aromatic carbocycles. The van der Waals surface area contributed by atoms with Crippen LogP contribution in [0.5, 0.6) is 0 Å². The number of sulfone groups is 1. The third-order valence-electron chi connectivity index (χ3n) is 7.21. The van der Waals surface area contributed by atoms with Gasteiger partial charge in [0.05, 0.1) is 35.1 Å². The summed E-state index contributed by atoms with van der Waals surface area (Å²) in [5, 5.41) is 29.2. The molecule has 1 heterocycles. The number of aliphatic hydroxyl groups is 2. The Hall–Kier alpha value is -3.35. The first-order valence-electron chi connectivity index (χ1n) is 15.3. The van der Waals surface area contributed by atoms with E-state index in [1.165, 1.54) is 18.5 Å². The maximum Gasteiger partial charge on any atom is 0.253 e. The second kappa shape index (κ2) is 18.5. The van der Waals surface area contributed by atoms with Crippen LogP contribution in [0.1, 0.15) is 75.7 Å². The van der Waals surface area contributed by atoms with Crippen molar-refractivity contribution in [3.63, 3.8) is 0 Å². The third-order valence-corrected chi connectivity index (χ3v) is 9.49. The van der Waals surface area contributed by atoms with E-state index < -0.39 is 69.3 Å². The summed E-state index contributed by atoms with van der Waals surface area (Å²) in [5.74, 6) is -2.44. The van der Waals surface area contributed by atoms with Crippen molar-refractivity contribution in [2.45, 2.75) is 95.8 Å². The van der Waals surface area contributed by atoms with E-state index in [-0.39, 0.29) is 17.9 Å². The lowest BCUT2D eigenvalue weighted by Crippen LogP contribution is -2.57. The predicted octanol–water partition coefficient (Wildman–Crippen LogP) is 2.18. The van der Waals surface area contributed by atoms with Crippen molar-refractivity contribution < 1.29 is 33.0 Å². The average Bonchev–Trinajstić information content (AvgIpc) is 2.99. The van der Waals surface area contributed by atoms with Gasteiger partial charge in [0.25, 0.3) is 5.91 Å². The first-order valence-corrected chi connectivity index (χ1v) is 17.0. The molecule has 3 amide bonds. The summed E-state index contributed by atoms with van der Waals surface area (Å²) in [6.07, 6.45) is 1.46. The van der Waals surface area contributed by atoms with E-state index in [1.807, 2.05) is 27.7 Å². The molecule has 0 saturated carbocycles. The highest BCUT2D eigenvalue weighted by Gasteiger charge is 2.36. The number of amides is 3. The summed E-state index contributed by atoms with van der Waals surface area (Å²) < 4.78 is 27.0. The van der Waals surface area contributed by atoms with Crippen molar-refractivity contribution in [3.05, 3.63) is 66.0 Å². The number of carbonyl (C=O) groups is 3. The molecule has 0 bridgehead atoms. The molecule has 1 aromatic heterocycles. The van der Waals surface area contributed by atoms with Crippen LogP contribution < -0.4 is 16.0 Å². The Kier molecular flexibility index (Phi) is 15.5. The zero-order valence-corrected chi connectivity index (χ0v) is 26.9. The highest BCUT2D eigenvalue weighted by molar-refractivity contribution is 7.92. The molecule has 11 nitrogen and oxygen atoms in total. The van der Waals surface area contributed by atoms with E-state index in [4.69, 9.17) is 0 Å². The number of rotatable bonds is 19. The Morgan fingerprint density at radius 1 is 0.932 bits per heavy atom. The van der Waals surface area contributed by atoms with Gasteiger partial charge in [-0.3, -0.25) is 19.4 Å². The average molecular weight is 633 g/mol. The number of nitrogens with zero attached hydrogens (tertiary/aromatic N) is 1. The van der Waals surface area contributed by atoms with Crippen molar-refractivity contribution in [2.75, 3.05) is 12.3 Å². The molecular formula is C32H48N4O7S. The third kappa shape index (κ3) is 12.3. The van der Waals surface area contributed by atoms with E-state index in [1.54, 1.807) is 36.4 Å². The molecule has 0 radical (unpaired) electrons. The number of hydrogen-bond donors (Lipinski definition) is 5. The van der Waals surface area contributed by atoms with Crippen molar-refractivity contribution in [1.82, 2.24) is 20.9 Å². The highest BCUT2D eigenvalue weighted by atomic mass is 32.2. The van der Waals surface area contributed by atoms with Gasteiger partial charge < -0.3 is 26.2 Å². The van der Waals surface area contributed by atoms with Crippen LogP contribution in [0.25, 0.3) is 0 Å². The van der Waals surface area contributed by atoms with E-state index in [2.05, 4.69) is 20.9 Å². The molecule has 244 valence electrons. The zero-order valence-electron chi connectivity index (χ0n) is 26.1. The lowest BCUT2D eigenvalue weighted by atomic mass is 9.95. The molecule has 2 rings (SSSR count). The molecule has 2 aromatic rings. The monoisotopic (exact) mass is 632 g/mol. The van der Waals surface area contributed by atoms with Gasteiger partial charge >= 0.3 is 0 Å². The highest BCUT2D eigenvalue weighted by Crippen LogP contribution is 2.18. The fourth-order valence-corrected chi connectivity index (χ4v) is 6.98. The Labute approximate surface area is 261 Å². The van der Waals surface area contributed by atoms with E-state index in [9.17, 15) is 33.0 Å². The lowest BCUT2D eigenvalue weighted by Gasteiger charge is -2.30. The second-order valence-corrected chi connectivity index (χ2v) is 13.9. The fraction of sp³-hybridized carbons (Fsp3) is 0.562. The zero-order chi connectivity index (χ0) is 32.7. The van der Waals surface area contributed by atoms with E-state index in [0.29, 0.717) is 32.2 Å². The SMILES string of the molecule is CCCC(CCC)S(=O)(=O)CC(NC(=O)c1cccnc1)C(=O)NC(Cc1ccccc1)C(O)C(O)CC(=O)NCC(C)C. The van der Waals surface area contributed by atoms with Crippen LogP contribution in [0, 0.1) is 5.92 Å². The standard InChI is InChI=1S/C32H48N4O7S/c1-5-11-25(12-6-2)44(42,43)21-27(36-31(40)24-15-10-16-33-20-24)32(41)35-26(17-23-13-8-7-9-14-23)30(39)28(37)18-29(38)34-19-22(3)4/h7-10,13-16,20,22,25-28,30,37,39H,5-6,11-12,17-19,21H2,1-4H3,(H,34,38)(H,35,41)(H,36,40). The smallest absolute Gasteiger partial charge is 0.253 e. The Morgan fingerprint density at radius 3 is 2.16 bits per heavy atom. The van der Waals surface area contributed by atoms with Crippen LogP contribution in [0.15, 0.2) is 54.9 Å². The first-order chi connectivity index (χ1) is 20.9. The molecule has 5 N–H and O–H groups in total. The largest absolute Gasteiger partial charge is 0.390 e. The molecule has 0 aliphatic carbocycles. The maximum atomic E-state index is 13.8. The van der Waals surface area contributed by atoms with Crippen LogP contribution in [-0.4, -0.2) is 83.2 Å². The predicted molar refractivity (Wildman–Crippen MR) is 169 cm³/mol. The summed E-state index contributed by atoms with van der Waals surface area (Å²) in [6.45, 7) is 8.02. The molecule has 44 heavy (non-hydrogen) atoms. The van der Waals surface area contributed by atoms with Crippen LogP contribution >= 0.6 is 0 Å². The van der Waals surface area contributed by atoms with Crippen LogP contribution in [0.2, 0.25) is 0 Å². The summed E-state index contributed by atoms with van der Waals surface area (Å²) in [7, 11) is -3.84. The number of carbonyl (C=O) groups excluding carboxylic acids is 3. The second-order valence-electron chi connectivity index (χ2n) is 11.6. The molecular weight excluding hydrogens is 584 g/mol. The van der Waals surface area contributed by atoms with Crippen molar-refractivity contribution in [3.8, 4) is 0 Å². The van der Waals surface area contributed by atoms with Gasteiger partial charge in [-0.05, 0) is 42.9 Å². The summed E-state index contributed by atoms with van der Waals surface area (Å²) in [6, 6.07) is 9.35. The van der Waals surface area contributed by atoms with Gasteiger partial charge in [0, 0.05) is 18.9 Å². The van der Waals surface area contributed by atoms with Crippen LogP contribution in [0.3, 0.4) is 0 Å². The quantitative estimate of drug-likeness (QED) is 0.157. The molecule has 4 atom stereocenters. The Balaban J connectivity index is 2.37. The number of aromatic nitrogens is 1. The molecule has 12 heteroatoms. The van der Waals surface area contributed by atoms with Crippen molar-refractivity contribution >= 4 is 27.6 Å². The maximum absolute atomic E-state index is 13.8. The van der Waals surface area contributed by atoms with Gasteiger partial charge in [-0.15, -0.1) is 0 Å². The minimum absolute atomic E-state index is 0.0722. The van der Waals surface area contributed by atoms with Crippen molar-refractivity contribution in [2.24, 2.45) is 5.92 Å². The number of pyridine rings is 1. The topological polar surface area (TPSA) is 175 Å². The Morgan fingerprint density at radius 2 is 1.59 bits per heavy atom. The normalized spacial score (nSPS) is 14.5. The Bertz CT molecular complexity index is 1270. The van der Waals surface area contributed by atoms with Crippen LogP contribution in [-0.2, 0) is 25.8 Å². The number of benzene rings is 1. The fourth-order valence-electron chi connectivity index (χ4n) is 4.81. The number of aliphatic hydroxyl groups excluding tert-OH is 2. The molecule has 4 unspecified atom stereocenters. The van der Waals surface area contributed by atoms with Gasteiger partial charge in [-0.25, -0.2) is 8.42 Å². The van der Waals surface area contributed by atoms with Gasteiger partial charge in [-0.2, -0.15) is 0 Å². The molecule has 0 aliphatic rings. The molecule has 0 aliphatic heterocycles. The molecule has 0 spiro atoms. The lowest BCUT2D eigenvalue weighted by molar-refractivity contribution is -0.127. The van der Waals surface area contributed by atoms with Gasteiger partial charge in [0.2, 0.25) is 11.8 Å². The van der Waals surface area contributed by atoms with Gasteiger partial charge in [0.15, 0.2) is 9.84 Å². The summed E-state index contributed by atoms with van der Waals surface area (Å²) in [5.41, 5.74) is 0.868. The van der Waals surface area contributed by atoms with Gasteiger partial charge in [-0.1, -0.05) is 70.9 Å². The van der Waals surface area contributed by atoms with Crippen LogP contribution in [0.4, 0.5) is 0 Å². The minimum atomic E-state index is -3.84. The minimum Gasteiger partial charge on any atom is -0.390 e. The number of hydrogen-bond acceptors (Lipinski definition) is 8. The number of nitrogens with one attached hydrogen (secondary N) is 3. The summed E-state index contributed by atoms with van der Waals surface area (Å²) >= 11 is 0. The van der Waals surface area contributed by atoms with E-state index >= 15 is 0 Å². The van der Waals surface area contributed by atoms with E-state index in [0.717, 1.165) is 5.56 Å². The first kappa shape index (κ1) is 36.8.